The summed E-state index contributed by atoms with van der Waals surface area (Å²) in [5.41, 5.74) is 1.35. The first-order chi connectivity index (χ1) is 11.4. The molecule has 1 N–H and O–H groups in total. The van der Waals surface area contributed by atoms with Crippen LogP contribution in [-0.4, -0.2) is 27.9 Å². The van der Waals surface area contributed by atoms with Crippen molar-refractivity contribution < 1.29 is 13.2 Å². The second-order valence-electron chi connectivity index (χ2n) is 5.22. The fourth-order valence-corrected chi connectivity index (χ4v) is 3.36. The molecule has 126 valence electrons. The highest BCUT2D eigenvalue weighted by atomic mass is 32.2. The molecule has 1 amide bonds. The zero-order valence-corrected chi connectivity index (χ0v) is 14.3. The molecule has 0 aromatic heterocycles. The van der Waals surface area contributed by atoms with Crippen LogP contribution in [0, 0.1) is 0 Å². The van der Waals surface area contributed by atoms with Gasteiger partial charge in [0.2, 0.25) is 5.91 Å². The van der Waals surface area contributed by atoms with Crippen molar-refractivity contribution in [3.05, 3.63) is 72.8 Å². The van der Waals surface area contributed by atoms with Gasteiger partial charge in [0.15, 0.2) is 0 Å². The van der Waals surface area contributed by atoms with E-state index >= 15 is 0 Å². The first-order valence-corrected chi connectivity index (χ1v) is 8.89. The van der Waals surface area contributed by atoms with Crippen molar-refractivity contribution in [2.24, 2.45) is 0 Å². The fourth-order valence-electron chi connectivity index (χ4n) is 2.15. The lowest BCUT2D eigenvalue weighted by atomic mass is 10.1. The second-order valence-corrected chi connectivity index (χ2v) is 7.19. The zero-order valence-electron chi connectivity index (χ0n) is 13.5. The number of amides is 1. The number of rotatable bonds is 7. The van der Waals surface area contributed by atoms with Crippen LogP contribution in [-0.2, 0) is 21.2 Å². The van der Waals surface area contributed by atoms with Crippen molar-refractivity contribution in [2.75, 3.05) is 17.9 Å². The molecule has 0 radical (unpaired) electrons. The minimum atomic E-state index is -3.60. The first kappa shape index (κ1) is 17.7. The Balaban J connectivity index is 2.13. The van der Waals surface area contributed by atoms with Crippen LogP contribution in [0.25, 0.3) is 0 Å². The average Bonchev–Trinajstić information content (AvgIpc) is 2.60. The van der Waals surface area contributed by atoms with E-state index in [2.05, 4.69) is 11.9 Å². The maximum atomic E-state index is 12.6. The first-order valence-electron chi connectivity index (χ1n) is 7.45. The van der Waals surface area contributed by atoms with Gasteiger partial charge in [-0.25, -0.2) is 8.42 Å². The van der Waals surface area contributed by atoms with E-state index in [1.807, 2.05) is 0 Å². The maximum Gasteiger partial charge on any atom is 0.264 e. The van der Waals surface area contributed by atoms with E-state index in [4.69, 9.17) is 0 Å². The van der Waals surface area contributed by atoms with Gasteiger partial charge in [0.05, 0.1) is 17.0 Å². The van der Waals surface area contributed by atoms with E-state index in [0.29, 0.717) is 12.2 Å². The van der Waals surface area contributed by atoms with Crippen LogP contribution in [0.2, 0.25) is 0 Å². The van der Waals surface area contributed by atoms with Crippen molar-refractivity contribution in [1.29, 1.82) is 0 Å². The lowest BCUT2D eigenvalue weighted by molar-refractivity contribution is -0.120. The van der Waals surface area contributed by atoms with Crippen LogP contribution >= 0.6 is 0 Å². The number of nitrogens with one attached hydrogen (secondary N) is 1. The Labute approximate surface area is 142 Å². The highest BCUT2D eigenvalue weighted by Crippen LogP contribution is 2.22. The fraction of sp³-hybridized carbons (Fsp3) is 0.167. The molecular formula is C18H20N2O3S. The number of sulfonamides is 1. The van der Waals surface area contributed by atoms with Crippen LogP contribution in [0.3, 0.4) is 0 Å². The van der Waals surface area contributed by atoms with E-state index in [1.165, 1.54) is 11.4 Å². The van der Waals surface area contributed by atoms with Crippen LogP contribution in [0.15, 0.2) is 72.1 Å². The second kappa shape index (κ2) is 7.79. The Kier molecular flexibility index (Phi) is 5.76. The molecule has 0 aliphatic rings. The predicted octanol–water partition coefficient (Wildman–Crippen LogP) is 2.36. The number of carbonyl (C=O) groups is 1. The Bertz CT molecular complexity index is 800. The molecular weight excluding hydrogens is 324 g/mol. The van der Waals surface area contributed by atoms with Gasteiger partial charge >= 0.3 is 0 Å². The van der Waals surface area contributed by atoms with Gasteiger partial charge in [0.25, 0.3) is 10.0 Å². The summed E-state index contributed by atoms with van der Waals surface area (Å²) in [5.74, 6) is -0.104. The summed E-state index contributed by atoms with van der Waals surface area (Å²) in [5, 5.41) is 2.70. The van der Waals surface area contributed by atoms with Crippen molar-refractivity contribution >= 4 is 21.6 Å². The van der Waals surface area contributed by atoms with Crippen LogP contribution in [0.5, 0.6) is 0 Å². The molecule has 0 aliphatic heterocycles. The smallest absolute Gasteiger partial charge is 0.264 e. The Morgan fingerprint density at radius 2 is 1.75 bits per heavy atom. The molecule has 0 saturated heterocycles. The van der Waals surface area contributed by atoms with Gasteiger partial charge in [-0.2, -0.15) is 0 Å². The highest BCUT2D eigenvalue weighted by Gasteiger charge is 2.20. The summed E-state index contributed by atoms with van der Waals surface area (Å²) in [6.07, 6.45) is 1.85. The monoisotopic (exact) mass is 344 g/mol. The quantitative estimate of drug-likeness (QED) is 0.784. The molecule has 0 heterocycles. The molecule has 2 aromatic rings. The van der Waals surface area contributed by atoms with Crippen molar-refractivity contribution in [1.82, 2.24) is 5.32 Å². The maximum absolute atomic E-state index is 12.6. The van der Waals surface area contributed by atoms with Crippen LogP contribution in [0.1, 0.15) is 5.56 Å². The van der Waals surface area contributed by atoms with Gasteiger partial charge in [0, 0.05) is 13.6 Å². The Morgan fingerprint density at radius 3 is 2.33 bits per heavy atom. The number of anilines is 1. The van der Waals surface area contributed by atoms with Gasteiger partial charge in [-0.3, -0.25) is 9.10 Å². The third kappa shape index (κ3) is 4.23. The third-order valence-electron chi connectivity index (χ3n) is 3.51. The number of carbonyl (C=O) groups excluding carboxylic acids is 1. The molecule has 0 spiro atoms. The summed E-state index contributed by atoms with van der Waals surface area (Å²) >= 11 is 0. The van der Waals surface area contributed by atoms with Gasteiger partial charge in [0.1, 0.15) is 0 Å². The van der Waals surface area contributed by atoms with Crippen molar-refractivity contribution in [2.45, 2.75) is 11.3 Å². The molecule has 0 saturated carbocycles. The molecule has 5 nitrogen and oxygen atoms in total. The van der Waals surface area contributed by atoms with E-state index in [0.717, 1.165) is 5.56 Å². The van der Waals surface area contributed by atoms with Gasteiger partial charge in [-0.1, -0.05) is 36.4 Å². The number of hydrogen-bond acceptors (Lipinski definition) is 3. The molecule has 2 rings (SSSR count). The van der Waals surface area contributed by atoms with Gasteiger partial charge < -0.3 is 5.32 Å². The van der Waals surface area contributed by atoms with E-state index in [1.54, 1.807) is 60.7 Å². The molecule has 2 aromatic carbocycles. The summed E-state index contributed by atoms with van der Waals surface area (Å²) in [4.78, 5) is 11.9. The van der Waals surface area contributed by atoms with Crippen molar-refractivity contribution in [3.8, 4) is 0 Å². The largest absolute Gasteiger partial charge is 0.352 e. The SMILES string of the molecule is C=CCNC(=O)Cc1ccc(N(C)S(=O)(=O)c2ccccc2)cc1. The topological polar surface area (TPSA) is 66.5 Å². The number of benzene rings is 2. The predicted molar refractivity (Wildman–Crippen MR) is 95.4 cm³/mol. The summed E-state index contributed by atoms with van der Waals surface area (Å²) < 4.78 is 26.4. The lowest BCUT2D eigenvalue weighted by Gasteiger charge is -2.19. The molecule has 0 unspecified atom stereocenters. The molecule has 0 aliphatic carbocycles. The van der Waals surface area contributed by atoms with Crippen LogP contribution < -0.4 is 9.62 Å². The lowest BCUT2D eigenvalue weighted by Crippen LogP contribution is -2.26. The molecule has 0 bridgehead atoms. The van der Waals surface area contributed by atoms with Crippen molar-refractivity contribution in [3.63, 3.8) is 0 Å². The number of hydrogen-bond donors (Lipinski definition) is 1. The van der Waals surface area contributed by atoms with E-state index in [9.17, 15) is 13.2 Å². The normalized spacial score (nSPS) is 10.9. The van der Waals surface area contributed by atoms with E-state index in [-0.39, 0.29) is 17.2 Å². The minimum absolute atomic E-state index is 0.104. The van der Waals surface area contributed by atoms with Gasteiger partial charge in [-0.15, -0.1) is 6.58 Å². The van der Waals surface area contributed by atoms with E-state index < -0.39 is 10.0 Å². The van der Waals surface area contributed by atoms with Gasteiger partial charge in [-0.05, 0) is 29.8 Å². The molecule has 0 atom stereocenters. The minimum Gasteiger partial charge on any atom is -0.352 e. The summed E-state index contributed by atoms with van der Waals surface area (Å²) in [6.45, 7) is 3.97. The standard InChI is InChI=1S/C18H20N2O3S/c1-3-13-19-18(21)14-15-9-11-16(12-10-15)20(2)24(22,23)17-7-5-4-6-8-17/h3-12H,1,13-14H2,2H3,(H,19,21). The molecule has 6 heteroatoms. The Hall–Kier alpha value is -2.60. The van der Waals surface area contributed by atoms with Crippen LogP contribution in [0.4, 0.5) is 5.69 Å². The average molecular weight is 344 g/mol. The highest BCUT2D eigenvalue weighted by molar-refractivity contribution is 7.92. The Morgan fingerprint density at radius 1 is 1.12 bits per heavy atom. The summed E-state index contributed by atoms with van der Waals surface area (Å²) in [6, 6.07) is 15.1. The zero-order chi connectivity index (χ0) is 17.6. The summed E-state index contributed by atoms with van der Waals surface area (Å²) in [7, 11) is -2.09. The molecule has 0 fully saturated rings. The third-order valence-corrected chi connectivity index (χ3v) is 5.31. The molecule has 24 heavy (non-hydrogen) atoms. The number of nitrogens with zero attached hydrogens (tertiary/aromatic N) is 1.